The van der Waals surface area contributed by atoms with Crippen molar-refractivity contribution < 1.29 is 9.53 Å². The Bertz CT molecular complexity index is 448. The minimum Gasteiger partial charge on any atom is -0.490 e. The van der Waals surface area contributed by atoms with Crippen molar-refractivity contribution in [2.45, 2.75) is 39.7 Å². The first kappa shape index (κ1) is 14.1. The van der Waals surface area contributed by atoms with Crippen molar-refractivity contribution in [3.05, 3.63) is 29.3 Å². The van der Waals surface area contributed by atoms with Gasteiger partial charge in [0.2, 0.25) is 0 Å². The van der Waals surface area contributed by atoms with E-state index in [4.69, 9.17) is 4.74 Å². The summed E-state index contributed by atoms with van der Waals surface area (Å²) in [6, 6.07) is 5.86. The largest absolute Gasteiger partial charge is 0.490 e. The number of rotatable bonds is 4. The molecule has 3 heteroatoms. The second kappa shape index (κ2) is 6.20. The Morgan fingerprint density at radius 2 is 2.21 bits per heavy atom. The van der Waals surface area contributed by atoms with Gasteiger partial charge < -0.3 is 10.1 Å². The Hall–Kier alpha value is -1.35. The maximum atomic E-state index is 12.6. The number of hydrogen-bond acceptors (Lipinski definition) is 3. The van der Waals surface area contributed by atoms with E-state index in [0.29, 0.717) is 0 Å². The molecule has 104 valence electrons. The lowest BCUT2D eigenvalue weighted by Gasteiger charge is -2.23. The summed E-state index contributed by atoms with van der Waals surface area (Å²) in [7, 11) is 0. The summed E-state index contributed by atoms with van der Waals surface area (Å²) in [5, 5.41) is 3.30. The van der Waals surface area contributed by atoms with E-state index >= 15 is 0 Å². The number of carbonyl (C=O) groups excluding carboxylic acids is 1. The second-order valence-corrected chi connectivity index (χ2v) is 5.57. The zero-order valence-electron chi connectivity index (χ0n) is 12.0. The first-order chi connectivity index (χ1) is 9.08. The zero-order valence-corrected chi connectivity index (χ0v) is 12.0. The summed E-state index contributed by atoms with van der Waals surface area (Å²) >= 11 is 0. The van der Waals surface area contributed by atoms with E-state index in [9.17, 15) is 4.79 Å². The fraction of sp³-hybridized carbons (Fsp3) is 0.562. The summed E-state index contributed by atoms with van der Waals surface area (Å²) in [4.78, 5) is 12.6. The highest BCUT2D eigenvalue weighted by Gasteiger charge is 2.25. The SMILES string of the molecule is Cc1ccc(OC(C)C)c(C(=O)C2CCCNC2)c1. The van der Waals surface area contributed by atoms with E-state index < -0.39 is 0 Å². The van der Waals surface area contributed by atoms with E-state index in [0.717, 1.165) is 42.8 Å². The van der Waals surface area contributed by atoms with Gasteiger partial charge in [0, 0.05) is 12.5 Å². The molecule has 1 atom stereocenters. The molecule has 1 aromatic carbocycles. The van der Waals surface area contributed by atoms with E-state index in [1.54, 1.807) is 0 Å². The minimum atomic E-state index is 0.0822. The Kier molecular flexibility index (Phi) is 4.59. The van der Waals surface area contributed by atoms with Gasteiger partial charge >= 0.3 is 0 Å². The average Bonchev–Trinajstić information content (AvgIpc) is 2.40. The van der Waals surface area contributed by atoms with Crippen molar-refractivity contribution in [1.29, 1.82) is 0 Å². The maximum absolute atomic E-state index is 12.6. The fourth-order valence-corrected chi connectivity index (χ4v) is 2.49. The van der Waals surface area contributed by atoms with Crippen LogP contribution < -0.4 is 10.1 Å². The van der Waals surface area contributed by atoms with Crippen LogP contribution in [0.2, 0.25) is 0 Å². The van der Waals surface area contributed by atoms with Crippen LogP contribution in [0.1, 0.15) is 42.6 Å². The Morgan fingerprint density at radius 1 is 1.42 bits per heavy atom. The standard InChI is InChI=1S/C16H23NO2/c1-11(2)19-15-7-6-12(3)9-14(15)16(18)13-5-4-8-17-10-13/h6-7,9,11,13,17H,4-5,8,10H2,1-3H3. The number of aryl methyl sites for hydroxylation is 1. The summed E-state index contributed by atoms with van der Waals surface area (Å²) in [5.41, 5.74) is 1.84. The van der Waals surface area contributed by atoms with Gasteiger partial charge in [-0.25, -0.2) is 0 Å². The lowest BCUT2D eigenvalue weighted by Crippen LogP contribution is -2.34. The molecule has 1 saturated heterocycles. The lowest BCUT2D eigenvalue weighted by atomic mass is 9.90. The second-order valence-electron chi connectivity index (χ2n) is 5.57. The van der Waals surface area contributed by atoms with Crippen molar-refractivity contribution in [3.8, 4) is 5.75 Å². The predicted octanol–water partition coefficient (Wildman–Crippen LogP) is 2.96. The van der Waals surface area contributed by atoms with Crippen molar-refractivity contribution in [2.24, 2.45) is 5.92 Å². The Morgan fingerprint density at radius 3 is 2.84 bits per heavy atom. The molecule has 0 spiro atoms. The number of benzene rings is 1. The minimum absolute atomic E-state index is 0.0822. The van der Waals surface area contributed by atoms with Gasteiger partial charge in [0.1, 0.15) is 5.75 Å². The number of nitrogens with one attached hydrogen (secondary N) is 1. The summed E-state index contributed by atoms with van der Waals surface area (Å²) < 4.78 is 5.77. The molecule has 1 aromatic rings. The van der Waals surface area contributed by atoms with E-state index in [-0.39, 0.29) is 17.8 Å². The molecule has 1 aliphatic heterocycles. The average molecular weight is 261 g/mol. The molecule has 0 saturated carbocycles. The normalized spacial score (nSPS) is 19.5. The van der Waals surface area contributed by atoms with Gasteiger partial charge in [-0.1, -0.05) is 11.6 Å². The Labute approximate surface area is 115 Å². The van der Waals surface area contributed by atoms with Gasteiger partial charge in [0.25, 0.3) is 0 Å². The molecule has 1 fully saturated rings. The van der Waals surface area contributed by atoms with Gasteiger partial charge in [-0.3, -0.25) is 4.79 Å². The van der Waals surface area contributed by atoms with Crippen LogP contribution >= 0.6 is 0 Å². The lowest BCUT2D eigenvalue weighted by molar-refractivity contribution is 0.0893. The summed E-state index contributed by atoms with van der Waals surface area (Å²) in [6.07, 6.45) is 2.13. The van der Waals surface area contributed by atoms with Gasteiger partial charge in [-0.05, 0) is 52.3 Å². The van der Waals surface area contributed by atoms with Crippen LogP contribution in [0.25, 0.3) is 0 Å². The highest BCUT2D eigenvalue weighted by atomic mass is 16.5. The predicted molar refractivity (Wildman–Crippen MR) is 76.9 cm³/mol. The molecule has 0 radical (unpaired) electrons. The molecule has 0 aliphatic carbocycles. The van der Waals surface area contributed by atoms with E-state index in [2.05, 4.69) is 5.32 Å². The quantitative estimate of drug-likeness (QED) is 0.847. The third-order valence-electron chi connectivity index (χ3n) is 3.43. The molecule has 1 aliphatic rings. The van der Waals surface area contributed by atoms with Crippen LogP contribution in [0.3, 0.4) is 0 Å². The third kappa shape index (κ3) is 3.57. The number of hydrogen-bond donors (Lipinski definition) is 1. The summed E-state index contributed by atoms with van der Waals surface area (Å²) in [5.74, 6) is 1.02. The van der Waals surface area contributed by atoms with Crippen molar-refractivity contribution in [2.75, 3.05) is 13.1 Å². The van der Waals surface area contributed by atoms with Crippen LogP contribution in [-0.2, 0) is 0 Å². The number of ketones is 1. The topological polar surface area (TPSA) is 38.3 Å². The smallest absolute Gasteiger partial charge is 0.170 e. The van der Waals surface area contributed by atoms with Gasteiger partial charge in [0.05, 0.1) is 11.7 Å². The Balaban J connectivity index is 2.25. The molecule has 1 unspecified atom stereocenters. The molecule has 1 heterocycles. The zero-order chi connectivity index (χ0) is 13.8. The molecule has 19 heavy (non-hydrogen) atoms. The first-order valence-corrected chi connectivity index (χ1v) is 7.10. The van der Waals surface area contributed by atoms with Crippen molar-refractivity contribution in [1.82, 2.24) is 5.32 Å². The molecular weight excluding hydrogens is 238 g/mol. The van der Waals surface area contributed by atoms with Crippen LogP contribution in [0.5, 0.6) is 5.75 Å². The van der Waals surface area contributed by atoms with Crippen LogP contribution in [0, 0.1) is 12.8 Å². The fourth-order valence-electron chi connectivity index (χ4n) is 2.49. The molecule has 0 amide bonds. The molecule has 0 bridgehead atoms. The molecule has 1 N–H and O–H groups in total. The van der Waals surface area contributed by atoms with Gasteiger partial charge in [0.15, 0.2) is 5.78 Å². The molecule has 2 rings (SSSR count). The monoisotopic (exact) mass is 261 g/mol. The van der Waals surface area contributed by atoms with Crippen molar-refractivity contribution in [3.63, 3.8) is 0 Å². The highest BCUT2D eigenvalue weighted by molar-refractivity contribution is 6.00. The molecule has 0 aromatic heterocycles. The van der Waals surface area contributed by atoms with Crippen LogP contribution in [0.4, 0.5) is 0 Å². The number of Topliss-reactive ketones (excluding diaryl/α,β-unsaturated/α-hetero) is 1. The molecule has 3 nitrogen and oxygen atoms in total. The third-order valence-corrected chi connectivity index (χ3v) is 3.43. The summed E-state index contributed by atoms with van der Waals surface area (Å²) in [6.45, 7) is 7.78. The van der Waals surface area contributed by atoms with Crippen molar-refractivity contribution >= 4 is 5.78 Å². The number of piperidine rings is 1. The van der Waals surface area contributed by atoms with Gasteiger partial charge in [-0.2, -0.15) is 0 Å². The number of carbonyl (C=O) groups is 1. The van der Waals surface area contributed by atoms with E-state index in [1.807, 2.05) is 39.0 Å². The number of ether oxygens (including phenoxy) is 1. The van der Waals surface area contributed by atoms with E-state index in [1.165, 1.54) is 0 Å². The van der Waals surface area contributed by atoms with Gasteiger partial charge in [-0.15, -0.1) is 0 Å². The first-order valence-electron chi connectivity index (χ1n) is 7.10. The van der Waals surface area contributed by atoms with Crippen LogP contribution in [-0.4, -0.2) is 25.0 Å². The highest BCUT2D eigenvalue weighted by Crippen LogP contribution is 2.26. The van der Waals surface area contributed by atoms with Crippen LogP contribution in [0.15, 0.2) is 18.2 Å². The molecular formula is C16H23NO2. The maximum Gasteiger partial charge on any atom is 0.170 e.